The molecule has 0 saturated carbocycles. The highest BCUT2D eigenvalue weighted by Gasteiger charge is 2.36. The Kier molecular flexibility index (Phi) is 7.28. The predicted molar refractivity (Wildman–Crippen MR) is 240 cm³/mol. The van der Waals surface area contributed by atoms with E-state index in [2.05, 4.69) is 219 Å². The maximum absolute atomic E-state index is 2.49. The quantitative estimate of drug-likeness (QED) is 0.161. The maximum atomic E-state index is 2.49. The van der Waals surface area contributed by atoms with Crippen LogP contribution >= 0.6 is 0 Å². The lowest BCUT2D eigenvalue weighted by Gasteiger charge is -2.30. The molecule has 0 fully saturated rings. The van der Waals surface area contributed by atoms with Crippen LogP contribution < -0.4 is 4.90 Å². The summed E-state index contributed by atoms with van der Waals surface area (Å²) in [5, 5.41) is 10.2. The summed E-state index contributed by atoms with van der Waals surface area (Å²) in [6.45, 7) is 4.73. The highest BCUT2D eigenvalue weighted by Crippen LogP contribution is 2.52. The standard InChI is InChI=1S/C55H39N/c1-55(2)52-27-11-9-25-49(52)50-32-30-40(35-53(50)55)56(39-29-31-48-46-23-6-5-21-44(46)45-22-7-8-24-47(45)51(48)34-39)54-28-12-10-20-43(54)38-18-13-17-37(33-38)42-26-14-16-36-15-3-4-19-41(36)42/h3-35H,1-2H3. The van der Waals surface area contributed by atoms with Crippen molar-refractivity contribution in [2.45, 2.75) is 19.3 Å². The molecule has 0 N–H and O–H groups in total. The van der Waals surface area contributed by atoms with Crippen LogP contribution in [0.15, 0.2) is 200 Å². The van der Waals surface area contributed by atoms with Gasteiger partial charge in [-0.15, -0.1) is 0 Å². The minimum Gasteiger partial charge on any atom is -0.310 e. The molecule has 1 heteroatoms. The fourth-order valence-electron chi connectivity index (χ4n) is 9.54. The zero-order valence-corrected chi connectivity index (χ0v) is 31.5. The number of hydrogen-bond acceptors (Lipinski definition) is 1. The van der Waals surface area contributed by atoms with E-state index < -0.39 is 0 Å². The number of nitrogens with zero attached hydrogens (tertiary/aromatic N) is 1. The summed E-state index contributed by atoms with van der Waals surface area (Å²) < 4.78 is 0. The molecule has 0 atom stereocenters. The van der Waals surface area contributed by atoms with E-state index in [1.165, 1.54) is 87.6 Å². The molecule has 0 aliphatic heterocycles. The number of fused-ring (bicyclic) bond motifs is 10. The van der Waals surface area contributed by atoms with Gasteiger partial charge in [0.15, 0.2) is 0 Å². The van der Waals surface area contributed by atoms with Crippen LogP contribution in [-0.4, -0.2) is 0 Å². The molecular formula is C55H39N. The Morgan fingerprint density at radius 3 is 1.59 bits per heavy atom. The lowest BCUT2D eigenvalue weighted by molar-refractivity contribution is 0.660. The van der Waals surface area contributed by atoms with E-state index in [0.29, 0.717) is 0 Å². The number of benzene rings is 10. The van der Waals surface area contributed by atoms with Crippen LogP contribution in [0.3, 0.4) is 0 Å². The van der Waals surface area contributed by atoms with E-state index in [1.54, 1.807) is 0 Å². The van der Waals surface area contributed by atoms with Gasteiger partial charge in [-0.3, -0.25) is 0 Å². The zero-order valence-electron chi connectivity index (χ0n) is 31.5. The summed E-state index contributed by atoms with van der Waals surface area (Å²) in [5.74, 6) is 0. The van der Waals surface area contributed by atoms with Gasteiger partial charge in [-0.1, -0.05) is 178 Å². The Hall–Kier alpha value is -6.96. The maximum Gasteiger partial charge on any atom is 0.0540 e. The van der Waals surface area contributed by atoms with Crippen molar-refractivity contribution in [2.24, 2.45) is 0 Å². The average molecular weight is 714 g/mol. The van der Waals surface area contributed by atoms with Gasteiger partial charge in [-0.2, -0.15) is 0 Å². The Morgan fingerprint density at radius 2 is 0.821 bits per heavy atom. The van der Waals surface area contributed by atoms with Crippen LogP contribution in [0.1, 0.15) is 25.0 Å². The van der Waals surface area contributed by atoms with Gasteiger partial charge in [0.05, 0.1) is 5.69 Å². The minimum absolute atomic E-state index is 0.127. The van der Waals surface area contributed by atoms with Crippen LogP contribution in [0.5, 0.6) is 0 Å². The lowest BCUT2D eigenvalue weighted by atomic mass is 9.82. The Labute approximate surface area is 327 Å². The topological polar surface area (TPSA) is 3.24 Å². The number of rotatable bonds is 5. The first-order valence-corrected chi connectivity index (χ1v) is 19.6. The molecule has 264 valence electrons. The SMILES string of the molecule is CC1(C)c2ccccc2-c2ccc(N(c3ccc4c5ccccc5c5ccccc5c4c3)c3ccccc3-c3cccc(-c4cccc5ccccc45)c3)cc21. The van der Waals surface area contributed by atoms with E-state index in [9.17, 15) is 0 Å². The highest BCUT2D eigenvalue weighted by molar-refractivity contribution is 6.25. The smallest absolute Gasteiger partial charge is 0.0540 e. The van der Waals surface area contributed by atoms with Gasteiger partial charge in [-0.25, -0.2) is 0 Å². The summed E-state index contributed by atoms with van der Waals surface area (Å²) in [6.07, 6.45) is 0. The molecule has 10 aromatic carbocycles. The van der Waals surface area contributed by atoms with E-state index in [1.807, 2.05) is 0 Å². The van der Waals surface area contributed by atoms with E-state index in [4.69, 9.17) is 0 Å². The van der Waals surface area contributed by atoms with Crippen molar-refractivity contribution in [1.82, 2.24) is 0 Å². The van der Waals surface area contributed by atoms with Gasteiger partial charge in [-0.05, 0) is 118 Å². The van der Waals surface area contributed by atoms with Crippen LogP contribution in [-0.2, 0) is 5.41 Å². The second-order valence-corrected chi connectivity index (χ2v) is 15.7. The molecule has 1 aliphatic carbocycles. The predicted octanol–water partition coefficient (Wildman–Crippen LogP) is 15.4. The molecule has 0 radical (unpaired) electrons. The number of hydrogen-bond donors (Lipinski definition) is 0. The average Bonchev–Trinajstić information content (AvgIpc) is 3.49. The molecule has 0 bridgehead atoms. The first-order chi connectivity index (χ1) is 27.5. The summed E-state index contributed by atoms with van der Waals surface area (Å²) in [6, 6.07) is 74.0. The molecule has 0 heterocycles. The molecule has 0 aromatic heterocycles. The molecule has 10 aromatic rings. The first kappa shape index (κ1) is 32.5. The van der Waals surface area contributed by atoms with Gasteiger partial charge in [0.25, 0.3) is 0 Å². The molecule has 0 saturated heterocycles. The first-order valence-electron chi connectivity index (χ1n) is 19.6. The van der Waals surface area contributed by atoms with E-state index >= 15 is 0 Å². The minimum atomic E-state index is -0.127. The van der Waals surface area contributed by atoms with Crippen molar-refractivity contribution in [3.05, 3.63) is 211 Å². The molecule has 11 rings (SSSR count). The third-order valence-corrected chi connectivity index (χ3v) is 12.2. The molecule has 1 aliphatic rings. The van der Waals surface area contributed by atoms with Gasteiger partial charge < -0.3 is 4.90 Å². The van der Waals surface area contributed by atoms with Gasteiger partial charge in [0.1, 0.15) is 0 Å². The van der Waals surface area contributed by atoms with Gasteiger partial charge >= 0.3 is 0 Å². The second-order valence-electron chi connectivity index (χ2n) is 15.7. The van der Waals surface area contributed by atoms with Gasteiger partial charge in [0.2, 0.25) is 0 Å². The normalized spacial score (nSPS) is 13.0. The molecule has 1 nitrogen and oxygen atoms in total. The molecule has 56 heavy (non-hydrogen) atoms. The lowest BCUT2D eigenvalue weighted by Crippen LogP contribution is -2.16. The van der Waals surface area contributed by atoms with Gasteiger partial charge in [0, 0.05) is 22.4 Å². The number of anilines is 3. The van der Waals surface area contributed by atoms with E-state index in [-0.39, 0.29) is 5.41 Å². The summed E-state index contributed by atoms with van der Waals surface area (Å²) in [7, 11) is 0. The fraction of sp³-hybridized carbons (Fsp3) is 0.0545. The fourth-order valence-corrected chi connectivity index (χ4v) is 9.54. The van der Waals surface area contributed by atoms with Crippen molar-refractivity contribution >= 4 is 60.2 Å². The number of para-hydroxylation sites is 1. The van der Waals surface area contributed by atoms with Crippen molar-refractivity contribution in [2.75, 3.05) is 4.90 Å². The van der Waals surface area contributed by atoms with E-state index in [0.717, 1.165) is 17.1 Å². The molecular weight excluding hydrogens is 675 g/mol. The Balaban J connectivity index is 1.15. The van der Waals surface area contributed by atoms with Crippen molar-refractivity contribution in [1.29, 1.82) is 0 Å². The Morgan fingerprint density at radius 1 is 0.321 bits per heavy atom. The third kappa shape index (κ3) is 4.94. The monoisotopic (exact) mass is 713 g/mol. The van der Waals surface area contributed by atoms with Crippen LogP contribution in [0.2, 0.25) is 0 Å². The Bertz CT molecular complexity index is 3140. The summed E-state index contributed by atoms with van der Waals surface area (Å²) >= 11 is 0. The summed E-state index contributed by atoms with van der Waals surface area (Å²) in [5.41, 5.74) is 13.5. The van der Waals surface area contributed by atoms with Crippen LogP contribution in [0.25, 0.3) is 76.5 Å². The van der Waals surface area contributed by atoms with Crippen molar-refractivity contribution in [3.8, 4) is 33.4 Å². The highest BCUT2D eigenvalue weighted by atomic mass is 15.1. The summed E-state index contributed by atoms with van der Waals surface area (Å²) in [4.78, 5) is 2.49. The zero-order chi connectivity index (χ0) is 37.4. The molecule has 0 spiro atoms. The third-order valence-electron chi connectivity index (χ3n) is 12.2. The van der Waals surface area contributed by atoms with Crippen molar-refractivity contribution in [3.63, 3.8) is 0 Å². The molecule has 0 amide bonds. The largest absolute Gasteiger partial charge is 0.310 e. The van der Waals surface area contributed by atoms with Crippen LogP contribution in [0, 0.1) is 0 Å². The molecule has 0 unspecified atom stereocenters. The second kappa shape index (κ2) is 12.5. The van der Waals surface area contributed by atoms with Crippen LogP contribution in [0.4, 0.5) is 17.1 Å². The van der Waals surface area contributed by atoms with Crippen molar-refractivity contribution < 1.29 is 0 Å².